The van der Waals surface area contributed by atoms with Gasteiger partial charge in [-0.3, -0.25) is 4.79 Å². The summed E-state index contributed by atoms with van der Waals surface area (Å²) in [6, 6.07) is 0. The summed E-state index contributed by atoms with van der Waals surface area (Å²) >= 11 is 0. The van der Waals surface area contributed by atoms with E-state index in [9.17, 15) is 4.79 Å². The fourth-order valence-electron chi connectivity index (χ4n) is 2.30. The number of hydrogen-bond donors (Lipinski definition) is 1. The highest BCUT2D eigenvalue weighted by Crippen LogP contribution is 2.48. The molecule has 0 amide bonds. The molecule has 1 unspecified atom stereocenters. The van der Waals surface area contributed by atoms with E-state index in [1.165, 1.54) is 7.11 Å². The minimum atomic E-state index is -0.453. The van der Waals surface area contributed by atoms with Gasteiger partial charge in [0.25, 0.3) is 0 Å². The van der Waals surface area contributed by atoms with E-state index in [0.29, 0.717) is 19.1 Å². The minimum Gasteiger partial charge on any atom is -0.469 e. The molecule has 0 aromatic carbocycles. The Morgan fingerprint density at radius 1 is 1.50 bits per heavy atom. The Labute approximate surface area is 97.5 Å². The van der Waals surface area contributed by atoms with Crippen molar-refractivity contribution in [2.75, 3.05) is 26.9 Å². The molecule has 0 bridgehead atoms. The molecule has 0 aliphatic heterocycles. The first-order valence-corrected chi connectivity index (χ1v) is 6.07. The molecule has 1 fully saturated rings. The molecule has 0 spiro atoms. The quantitative estimate of drug-likeness (QED) is 0.504. The molecule has 4 heteroatoms. The molecule has 1 aliphatic rings. The zero-order valence-electron chi connectivity index (χ0n) is 10.3. The lowest BCUT2D eigenvalue weighted by Gasteiger charge is -2.29. The normalized spacial score (nSPS) is 19.2. The number of hydrogen-bond acceptors (Lipinski definition) is 4. The van der Waals surface area contributed by atoms with Crippen LogP contribution in [0.3, 0.4) is 0 Å². The molecule has 1 atom stereocenters. The SMILES string of the molecule is CCOCCCC(CN)(C(=O)OC)C1CC1. The van der Waals surface area contributed by atoms with Crippen molar-refractivity contribution >= 4 is 5.97 Å². The Bertz CT molecular complexity index is 228. The maximum atomic E-state index is 11.9. The molecule has 4 nitrogen and oxygen atoms in total. The first-order chi connectivity index (χ1) is 7.71. The van der Waals surface area contributed by atoms with Crippen LogP contribution in [0.15, 0.2) is 0 Å². The second-order valence-corrected chi connectivity index (χ2v) is 4.43. The zero-order valence-corrected chi connectivity index (χ0v) is 10.3. The fraction of sp³-hybridized carbons (Fsp3) is 0.917. The summed E-state index contributed by atoms with van der Waals surface area (Å²) in [5.74, 6) is 0.278. The van der Waals surface area contributed by atoms with Crippen LogP contribution in [0.2, 0.25) is 0 Å². The molecule has 0 aromatic rings. The van der Waals surface area contributed by atoms with Gasteiger partial charge >= 0.3 is 5.97 Å². The zero-order chi connectivity index (χ0) is 12.0. The predicted octanol–water partition coefficient (Wildman–Crippen LogP) is 1.33. The van der Waals surface area contributed by atoms with E-state index in [2.05, 4.69) is 0 Å². The number of rotatable bonds is 8. The third kappa shape index (κ3) is 2.95. The number of methoxy groups -OCH3 is 1. The van der Waals surface area contributed by atoms with Gasteiger partial charge in [-0.2, -0.15) is 0 Å². The van der Waals surface area contributed by atoms with Crippen LogP contribution >= 0.6 is 0 Å². The van der Waals surface area contributed by atoms with Crippen molar-refractivity contribution in [3.8, 4) is 0 Å². The van der Waals surface area contributed by atoms with Gasteiger partial charge in [0.2, 0.25) is 0 Å². The van der Waals surface area contributed by atoms with Crippen molar-refractivity contribution in [1.29, 1.82) is 0 Å². The summed E-state index contributed by atoms with van der Waals surface area (Å²) < 4.78 is 10.2. The number of ether oxygens (including phenoxy) is 2. The topological polar surface area (TPSA) is 61.5 Å². The Kier molecular flexibility index (Phi) is 5.22. The van der Waals surface area contributed by atoms with E-state index in [4.69, 9.17) is 15.2 Å². The summed E-state index contributed by atoms with van der Waals surface area (Å²) in [6.45, 7) is 3.77. The van der Waals surface area contributed by atoms with Gasteiger partial charge in [0.05, 0.1) is 12.5 Å². The standard InChI is InChI=1S/C12H23NO3/c1-3-16-8-4-7-12(9-13,10-5-6-10)11(14)15-2/h10H,3-9,13H2,1-2H3. The monoisotopic (exact) mass is 229 g/mol. The largest absolute Gasteiger partial charge is 0.469 e. The molecule has 16 heavy (non-hydrogen) atoms. The van der Waals surface area contributed by atoms with Crippen LogP contribution in [-0.4, -0.2) is 32.8 Å². The fourth-order valence-corrected chi connectivity index (χ4v) is 2.30. The van der Waals surface area contributed by atoms with Crippen LogP contribution in [0.1, 0.15) is 32.6 Å². The van der Waals surface area contributed by atoms with Gasteiger partial charge < -0.3 is 15.2 Å². The van der Waals surface area contributed by atoms with Gasteiger partial charge in [0, 0.05) is 19.8 Å². The summed E-state index contributed by atoms with van der Waals surface area (Å²) in [5, 5.41) is 0. The second-order valence-electron chi connectivity index (χ2n) is 4.43. The van der Waals surface area contributed by atoms with E-state index >= 15 is 0 Å². The van der Waals surface area contributed by atoms with Gasteiger partial charge in [-0.1, -0.05) is 0 Å². The Morgan fingerprint density at radius 2 is 2.19 bits per heavy atom. The van der Waals surface area contributed by atoms with Gasteiger partial charge in [-0.25, -0.2) is 0 Å². The van der Waals surface area contributed by atoms with Crippen molar-refractivity contribution in [3.63, 3.8) is 0 Å². The lowest BCUT2D eigenvalue weighted by atomic mass is 9.78. The lowest BCUT2D eigenvalue weighted by molar-refractivity contribution is -0.154. The number of carbonyl (C=O) groups excluding carboxylic acids is 1. The molecule has 2 N–H and O–H groups in total. The molecule has 0 heterocycles. The number of carbonyl (C=O) groups is 1. The van der Waals surface area contributed by atoms with E-state index in [0.717, 1.165) is 32.3 Å². The summed E-state index contributed by atoms with van der Waals surface area (Å²) in [5.41, 5.74) is 5.35. The Morgan fingerprint density at radius 3 is 2.62 bits per heavy atom. The van der Waals surface area contributed by atoms with Crippen LogP contribution in [0.5, 0.6) is 0 Å². The molecular formula is C12H23NO3. The van der Waals surface area contributed by atoms with Gasteiger partial charge in [0.1, 0.15) is 0 Å². The highest BCUT2D eigenvalue weighted by molar-refractivity contribution is 5.78. The Balaban J connectivity index is 2.52. The van der Waals surface area contributed by atoms with E-state index < -0.39 is 5.41 Å². The molecule has 0 radical (unpaired) electrons. The van der Waals surface area contributed by atoms with Gasteiger partial charge in [-0.05, 0) is 38.5 Å². The van der Waals surface area contributed by atoms with Gasteiger partial charge in [-0.15, -0.1) is 0 Å². The molecule has 0 aromatic heterocycles. The number of nitrogens with two attached hydrogens (primary N) is 1. The van der Waals surface area contributed by atoms with Crippen LogP contribution in [-0.2, 0) is 14.3 Å². The summed E-state index contributed by atoms with van der Waals surface area (Å²) in [6.07, 6.45) is 3.85. The van der Waals surface area contributed by atoms with E-state index in [1.807, 2.05) is 6.92 Å². The van der Waals surface area contributed by atoms with Crippen LogP contribution in [0.25, 0.3) is 0 Å². The molecule has 1 saturated carbocycles. The minimum absolute atomic E-state index is 0.144. The van der Waals surface area contributed by atoms with Crippen molar-refractivity contribution in [2.45, 2.75) is 32.6 Å². The first kappa shape index (κ1) is 13.5. The third-order valence-corrected chi connectivity index (χ3v) is 3.43. The maximum Gasteiger partial charge on any atom is 0.313 e. The molecule has 1 rings (SSSR count). The average Bonchev–Trinajstić information content (AvgIpc) is 3.13. The highest BCUT2D eigenvalue weighted by atomic mass is 16.5. The number of esters is 1. The molecule has 1 aliphatic carbocycles. The highest BCUT2D eigenvalue weighted by Gasteiger charge is 2.50. The first-order valence-electron chi connectivity index (χ1n) is 6.07. The van der Waals surface area contributed by atoms with Crippen molar-refractivity contribution in [2.24, 2.45) is 17.1 Å². The third-order valence-electron chi connectivity index (χ3n) is 3.43. The summed E-state index contributed by atoms with van der Waals surface area (Å²) in [7, 11) is 1.44. The van der Waals surface area contributed by atoms with E-state index in [-0.39, 0.29) is 5.97 Å². The van der Waals surface area contributed by atoms with Gasteiger partial charge in [0.15, 0.2) is 0 Å². The van der Waals surface area contributed by atoms with Crippen LogP contribution in [0, 0.1) is 11.3 Å². The lowest BCUT2D eigenvalue weighted by Crippen LogP contribution is -2.41. The molecule has 94 valence electrons. The predicted molar refractivity (Wildman–Crippen MR) is 62.0 cm³/mol. The summed E-state index contributed by atoms with van der Waals surface area (Å²) in [4.78, 5) is 11.9. The van der Waals surface area contributed by atoms with Crippen molar-refractivity contribution in [3.05, 3.63) is 0 Å². The second kappa shape index (κ2) is 6.21. The van der Waals surface area contributed by atoms with Crippen LogP contribution in [0.4, 0.5) is 0 Å². The van der Waals surface area contributed by atoms with Crippen molar-refractivity contribution in [1.82, 2.24) is 0 Å². The average molecular weight is 229 g/mol. The smallest absolute Gasteiger partial charge is 0.313 e. The Hall–Kier alpha value is -0.610. The molecule has 0 saturated heterocycles. The van der Waals surface area contributed by atoms with Crippen LogP contribution < -0.4 is 5.73 Å². The molecular weight excluding hydrogens is 206 g/mol. The maximum absolute atomic E-state index is 11.9. The van der Waals surface area contributed by atoms with Crippen molar-refractivity contribution < 1.29 is 14.3 Å². The van der Waals surface area contributed by atoms with E-state index in [1.54, 1.807) is 0 Å².